The number of rotatable bonds is 5. The van der Waals surface area contributed by atoms with E-state index in [2.05, 4.69) is 29.8 Å². The van der Waals surface area contributed by atoms with Gasteiger partial charge < -0.3 is 20.4 Å². The van der Waals surface area contributed by atoms with E-state index in [0.29, 0.717) is 6.54 Å². The summed E-state index contributed by atoms with van der Waals surface area (Å²) in [6, 6.07) is 8.12. The van der Waals surface area contributed by atoms with Crippen molar-refractivity contribution >= 4 is 41.8 Å². The molecular weight excluding hydrogens is 375 g/mol. The van der Waals surface area contributed by atoms with Crippen LogP contribution in [0.2, 0.25) is 0 Å². The summed E-state index contributed by atoms with van der Waals surface area (Å²) < 4.78 is 7.86. The molecule has 1 saturated heterocycles. The molecule has 1 aromatic carbocycles. The minimum atomic E-state index is -0.405. The molecule has 1 amide bonds. The van der Waals surface area contributed by atoms with Crippen molar-refractivity contribution in [3.05, 3.63) is 30.1 Å². The molecule has 6 nitrogen and oxygen atoms in total. The van der Waals surface area contributed by atoms with Gasteiger partial charge in [0, 0.05) is 12.6 Å². The van der Waals surface area contributed by atoms with Crippen LogP contribution >= 0.6 is 24.8 Å². The summed E-state index contributed by atoms with van der Waals surface area (Å²) >= 11 is 0. The molecule has 1 aliphatic rings. The van der Waals surface area contributed by atoms with Gasteiger partial charge in [-0.05, 0) is 45.7 Å². The second kappa shape index (κ2) is 9.55. The summed E-state index contributed by atoms with van der Waals surface area (Å²) in [7, 11) is 0. The zero-order valence-corrected chi connectivity index (χ0v) is 17.0. The van der Waals surface area contributed by atoms with E-state index in [-0.39, 0.29) is 48.9 Å². The minimum Gasteiger partial charge on any atom is -0.364 e. The summed E-state index contributed by atoms with van der Waals surface area (Å²) in [5, 5.41) is 3.05. The molecule has 1 fully saturated rings. The lowest BCUT2D eigenvalue weighted by molar-refractivity contribution is -0.132. The molecule has 2 heterocycles. The molecule has 3 N–H and O–H groups in total. The lowest BCUT2D eigenvalue weighted by Crippen LogP contribution is -2.37. The van der Waals surface area contributed by atoms with Crippen LogP contribution in [0.15, 0.2) is 24.3 Å². The van der Waals surface area contributed by atoms with Gasteiger partial charge in [-0.1, -0.05) is 12.1 Å². The second-order valence-corrected chi connectivity index (χ2v) is 6.71. The zero-order chi connectivity index (χ0) is 17.3. The standard InChI is InChI=1S/C18H26N4O2.2ClH/c1-11(2)22-15-7-5-4-6-14(15)21-17(22)12(3)20-18(23)16-9-8-13(10-19)24-16;;/h4-7,11-13,16H,8-10,19H2,1-3H3,(H,20,23);2*1H/t12?,13-,16+;;/m1../s1. The lowest BCUT2D eigenvalue weighted by atomic mass is 10.2. The number of carbonyl (C=O) groups excluding carboxylic acids is 1. The predicted octanol–water partition coefficient (Wildman–Crippen LogP) is 3.14. The van der Waals surface area contributed by atoms with Gasteiger partial charge in [-0.15, -0.1) is 24.8 Å². The van der Waals surface area contributed by atoms with Gasteiger partial charge in [-0.2, -0.15) is 0 Å². The molecule has 0 saturated carbocycles. The van der Waals surface area contributed by atoms with Crippen molar-refractivity contribution in [1.82, 2.24) is 14.9 Å². The number of fused-ring (bicyclic) bond motifs is 1. The third kappa shape index (κ3) is 4.49. The highest BCUT2D eigenvalue weighted by Gasteiger charge is 2.31. The van der Waals surface area contributed by atoms with E-state index in [1.807, 2.05) is 25.1 Å². The Morgan fingerprint density at radius 3 is 2.62 bits per heavy atom. The van der Waals surface area contributed by atoms with Gasteiger partial charge in [-0.3, -0.25) is 4.79 Å². The Hall–Kier alpha value is -1.34. The first-order valence-corrected chi connectivity index (χ1v) is 8.64. The Morgan fingerprint density at radius 1 is 1.31 bits per heavy atom. The van der Waals surface area contributed by atoms with E-state index in [4.69, 9.17) is 15.5 Å². The molecule has 26 heavy (non-hydrogen) atoms. The van der Waals surface area contributed by atoms with Crippen LogP contribution < -0.4 is 11.1 Å². The van der Waals surface area contributed by atoms with Crippen LogP contribution in [0.5, 0.6) is 0 Å². The number of ether oxygens (including phenoxy) is 1. The van der Waals surface area contributed by atoms with Crippen molar-refractivity contribution in [2.75, 3.05) is 6.54 Å². The largest absolute Gasteiger partial charge is 0.364 e. The number of nitrogens with zero attached hydrogens (tertiary/aromatic N) is 2. The fourth-order valence-corrected chi connectivity index (χ4v) is 3.35. The van der Waals surface area contributed by atoms with E-state index in [1.54, 1.807) is 0 Å². The number of carbonyl (C=O) groups is 1. The van der Waals surface area contributed by atoms with Crippen LogP contribution in [0.25, 0.3) is 11.0 Å². The Morgan fingerprint density at radius 2 is 2.00 bits per heavy atom. The second-order valence-electron chi connectivity index (χ2n) is 6.71. The minimum absolute atomic E-state index is 0. The molecule has 0 spiro atoms. The number of amides is 1. The Balaban J connectivity index is 0.00000169. The van der Waals surface area contributed by atoms with Crippen molar-refractivity contribution < 1.29 is 9.53 Å². The van der Waals surface area contributed by atoms with Crippen LogP contribution in [0.4, 0.5) is 0 Å². The maximum absolute atomic E-state index is 12.5. The number of halogens is 2. The molecular formula is C18H28Cl2N4O2. The van der Waals surface area contributed by atoms with Gasteiger partial charge in [0.2, 0.25) is 5.91 Å². The average Bonchev–Trinajstić information content (AvgIpc) is 3.19. The fraction of sp³-hybridized carbons (Fsp3) is 0.556. The van der Waals surface area contributed by atoms with Crippen molar-refractivity contribution in [2.45, 2.75) is 57.9 Å². The summed E-state index contributed by atoms with van der Waals surface area (Å²) in [5.41, 5.74) is 7.65. The maximum atomic E-state index is 12.5. The van der Waals surface area contributed by atoms with Gasteiger partial charge >= 0.3 is 0 Å². The highest BCUT2D eigenvalue weighted by molar-refractivity contribution is 5.85. The van der Waals surface area contributed by atoms with Crippen molar-refractivity contribution in [2.24, 2.45) is 5.73 Å². The first kappa shape index (κ1) is 22.7. The van der Waals surface area contributed by atoms with Crippen LogP contribution in [-0.4, -0.2) is 34.2 Å². The fourth-order valence-electron chi connectivity index (χ4n) is 3.35. The number of aromatic nitrogens is 2. The molecule has 3 rings (SSSR count). The molecule has 0 bridgehead atoms. The highest BCUT2D eigenvalue weighted by atomic mass is 35.5. The molecule has 146 valence electrons. The van der Waals surface area contributed by atoms with E-state index >= 15 is 0 Å². The van der Waals surface area contributed by atoms with Crippen LogP contribution in [0.1, 0.15) is 51.5 Å². The van der Waals surface area contributed by atoms with Crippen LogP contribution in [0, 0.1) is 0 Å². The molecule has 2 aromatic rings. The topological polar surface area (TPSA) is 82.2 Å². The average molecular weight is 403 g/mol. The molecule has 3 atom stereocenters. The van der Waals surface area contributed by atoms with Gasteiger partial charge in [0.25, 0.3) is 0 Å². The molecule has 0 aliphatic carbocycles. The quantitative estimate of drug-likeness (QED) is 0.804. The Kier molecular flexibility index (Phi) is 8.34. The smallest absolute Gasteiger partial charge is 0.249 e. The number of nitrogens with two attached hydrogens (primary N) is 1. The predicted molar refractivity (Wildman–Crippen MR) is 108 cm³/mol. The Labute approximate surface area is 166 Å². The highest BCUT2D eigenvalue weighted by Crippen LogP contribution is 2.26. The summed E-state index contributed by atoms with van der Waals surface area (Å²) in [4.78, 5) is 17.2. The van der Waals surface area contributed by atoms with Crippen LogP contribution in [0.3, 0.4) is 0 Å². The van der Waals surface area contributed by atoms with Crippen LogP contribution in [-0.2, 0) is 9.53 Å². The zero-order valence-electron chi connectivity index (χ0n) is 15.3. The van der Waals surface area contributed by atoms with E-state index in [9.17, 15) is 4.79 Å². The first-order chi connectivity index (χ1) is 11.5. The van der Waals surface area contributed by atoms with Crippen molar-refractivity contribution in [3.8, 4) is 0 Å². The number of hydrogen-bond acceptors (Lipinski definition) is 4. The summed E-state index contributed by atoms with van der Waals surface area (Å²) in [6.45, 7) is 6.67. The van der Waals surface area contributed by atoms with E-state index in [1.165, 1.54) is 0 Å². The molecule has 8 heteroatoms. The van der Waals surface area contributed by atoms with Gasteiger partial charge in [0.05, 0.1) is 23.2 Å². The van der Waals surface area contributed by atoms with Gasteiger partial charge in [0.15, 0.2) is 0 Å². The molecule has 0 radical (unpaired) electrons. The molecule has 1 aromatic heterocycles. The van der Waals surface area contributed by atoms with Gasteiger partial charge in [-0.25, -0.2) is 4.98 Å². The lowest BCUT2D eigenvalue weighted by Gasteiger charge is -2.20. The van der Waals surface area contributed by atoms with Crippen molar-refractivity contribution in [3.63, 3.8) is 0 Å². The number of para-hydroxylation sites is 2. The number of nitrogens with one attached hydrogen (secondary N) is 1. The number of imidazole rings is 1. The third-order valence-corrected chi connectivity index (χ3v) is 4.55. The summed E-state index contributed by atoms with van der Waals surface area (Å²) in [5.74, 6) is 0.786. The monoisotopic (exact) mass is 402 g/mol. The SMILES string of the molecule is CC(NC(=O)[C@@H]1CC[C@H](CN)O1)c1nc2ccccc2n1C(C)C.Cl.Cl. The summed E-state index contributed by atoms with van der Waals surface area (Å²) in [6.07, 6.45) is 1.16. The van der Waals surface area contributed by atoms with E-state index < -0.39 is 6.10 Å². The Bertz CT molecular complexity index is 735. The van der Waals surface area contributed by atoms with Gasteiger partial charge in [0.1, 0.15) is 11.9 Å². The number of hydrogen-bond donors (Lipinski definition) is 2. The first-order valence-electron chi connectivity index (χ1n) is 8.64. The molecule has 1 aliphatic heterocycles. The van der Waals surface area contributed by atoms with E-state index in [0.717, 1.165) is 29.7 Å². The van der Waals surface area contributed by atoms with Crippen molar-refractivity contribution in [1.29, 1.82) is 0 Å². The normalized spacial score (nSPS) is 20.5. The maximum Gasteiger partial charge on any atom is 0.249 e. The molecule has 1 unspecified atom stereocenters. The third-order valence-electron chi connectivity index (χ3n) is 4.55. The number of benzene rings is 1.